The molecule has 0 saturated carbocycles. The van der Waals surface area contributed by atoms with Gasteiger partial charge in [0.15, 0.2) is 0 Å². The fourth-order valence-electron chi connectivity index (χ4n) is 4.04. The highest BCUT2D eigenvalue weighted by atomic mass is 16.5. The molecule has 174 valence electrons. The lowest BCUT2D eigenvalue weighted by Crippen LogP contribution is -2.34. The summed E-state index contributed by atoms with van der Waals surface area (Å²) < 4.78 is 10.7. The van der Waals surface area contributed by atoms with Crippen molar-refractivity contribution < 1.29 is 19.1 Å². The molecule has 4 heteroatoms. The van der Waals surface area contributed by atoms with Crippen molar-refractivity contribution >= 4 is 11.9 Å². The van der Waals surface area contributed by atoms with Crippen LogP contribution in [0.15, 0.2) is 12.2 Å². The van der Waals surface area contributed by atoms with Crippen LogP contribution in [0.4, 0.5) is 0 Å². The monoisotopic (exact) mass is 422 g/mol. The van der Waals surface area contributed by atoms with Gasteiger partial charge in [0, 0.05) is 0 Å². The number of rotatable bonds is 18. The summed E-state index contributed by atoms with van der Waals surface area (Å²) in [5.74, 6) is -1.28. The molecular weight excluding hydrogens is 376 g/mol. The standard InChI is InChI=1S/C26H46O4/c1-3-5-6-7-8-9-10-11-12-13-14-15-18-22-30-26(28)24-20-17-16-19-23(24)25(27)29-21-4-2/h16-17,23-24H,3-15,18-22H2,1-2H3. The molecular formula is C26H46O4. The zero-order valence-electron chi connectivity index (χ0n) is 19.7. The fraction of sp³-hybridized carbons (Fsp3) is 0.846. The summed E-state index contributed by atoms with van der Waals surface area (Å²) in [6, 6.07) is 0. The second kappa shape index (κ2) is 18.4. The van der Waals surface area contributed by atoms with Crippen LogP contribution >= 0.6 is 0 Å². The van der Waals surface area contributed by atoms with E-state index >= 15 is 0 Å². The molecule has 0 aromatic rings. The molecule has 0 aromatic heterocycles. The highest BCUT2D eigenvalue weighted by molar-refractivity contribution is 5.82. The van der Waals surface area contributed by atoms with Crippen LogP contribution in [0.1, 0.15) is 117 Å². The van der Waals surface area contributed by atoms with Crippen molar-refractivity contribution in [2.24, 2.45) is 11.8 Å². The van der Waals surface area contributed by atoms with Crippen LogP contribution in [0, 0.1) is 11.8 Å². The first-order valence-corrected chi connectivity index (χ1v) is 12.7. The van der Waals surface area contributed by atoms with E-state index in [-0.39, 0.29) is 23.8 Å². The van der Waals surface area contributed by atoms with Crippen LogP contribution in [0.5, 0.6) is 0 Å². The van der Waals surface area contributed by atoms with Gasteiger partial charge in [0.25, 0.3) is 0 Å². The van der Waals surface area contributed by atoms with Gasteiger partial charge < -0.3 is 9.47 Å². The Morgan fingerprint density at radius 1 is 0.600 bits per heavy atom. The third kappa shape index (κ3) is 12.4. The quantitative estimate of drug-likeness (QED) is 0.134. The first-order valence-electron chi connectivity index (χ1n) is 12.7. The minimum atomic E-state index is -0.388. The Kier molecular flexibility index (Phi) is 16.4. The minimum Gasteiger partial charge on any atom is -0.465 e. The van der Waals surface area contributed by atoms with Gasteiger partial charge >= 0.3 is 11.9 Å². The van der Waals surface area contributed by atoms with Crippen LogP contribution in [0.2, 0.25) is 0 Å². The Morgan fingerprint density at radius 3 is 1.43 bits per heavy atom. The summed E-state index contributed by atoms with van der Waals surface area (Å²) in [5, 5.41) is 0. The number of carbonyl (C=O) groups is 2. The molecule has 0 radical (unpaired) electrons. The van der Waals surface area contributed by atoms with Crippen molar-refractivity contribution in [2.75, 3.05) is 13.2 Å². The average Bonchev–Trinajstić information content (AvgIpc) is 2.77. The van der Waals surface area contributed by atoms with Gasteiger partial charge in [0.05, 0.1) is 25.0 Å². The molecule has 0 heterocycles. The van der Waals surface area contributed by atoms with Crippen LogP contribution in [-0.4, -0.2) is 25.2 Å². The molecule has 0 N–H and O–H groups in total. The average molecular weight is 423 g/mol. The summed E-state index contributed by atoms with van der Waals surface area (Å²) in [4.78, 5) is 24.7. The number of hydrogen-bond donors (Lipinski definition) is 0. The van der Waals surface area contributed by atoms with Crippen molar-refractivity contribution in [3.8, 4) is 0 Å². The lowest BCUT2D eigenvalue weighted by Gasteiger charge is -2.25. The maximum atomic E-state index is 12.4. The van der Waals surface area contributed by atoms with Crippen molar-refractivity contribution in [3.05, 3.63) is 12.2 Å². The highest BCUT2D eigenvalue weighted by Crippen LogP contribution is 2.28. The lowest BCUT2D eigenvalue weighted by molar-refractivity contribution is -0.161. The Morgan fingerprint density at radius 2 is 1.00 bits per heavy atom. The third-order valence-electron chi connectivity index (χ3n) is 5.98. The second-order valence-electron chi connectivity index (χ2n) is 8.73. The maximum absolute atomic E-state index is 12.4. The number of carbonyl (C=O) groups excluding carboxylic acids is 2. The minimum absolute atomic E-state index is 0.239. The van der Waals surface area contributed by atoms with Crippen molar-refractivity contribution in [1.29, 1.82) is 0 Å². The molecule has 0 amide bonds. The molecule has 0 bridgehead atoms. The van der Waals surface area contributed by atoms with E-state index in [0.717, 1.165) is 19.3 Å². The van der Waals surface area contributed by atoms with Gasteiger partial charge in [0.1, 0.15) is 0 Å². The number of hydrogen-bond acceptors (Lipinski definition) is 4. The number of unbranched alkanes of at least 4 members (excludes halogenated alkanes) is 12. The SMILES string of the molecule is CCCCCCCCCCCCCCCOC(=O)C1CC=CCC1C(=O)OCCC. The lowest BCUT2D eigenvalue weighted by atomic mass is 9.83. The van der Waals surface area contributed by atoms with Crippen LogP contribution in [-0.2, 0) is 19.1 Å². The normalized spacial score (nSPS) is 18.3. The molecule has 0 saturated heterocycles. The van der Waals surface area contributed by atoms with E-state index < -0.39 is 0 Å². The van der Waals surface area contributed by atoms with Crippen molar-refractivity contribution in [2.45, 2.75) is 117 Å². The first kappa shape index (κ1) is 26.7. The van der Waals surface area contributed by atoms with Crippen LogP contribution < -0.4 is 0 Å². The summed E-state index contributed by atoms with van der Waals surface area (Å²) >= 11 is 0. The predicted octanol–water partition coefficient (Wildman–Crippen LogP) is 7.16. The van der Waals surface area contributed by atoms with Crippen LogP contribution in [0.25, 0.3) is 0 Å². The molecule has 2 atom stereocenters. The number of allylic oxidation sites excluding steroid dienone is 2. The predicted molar refractivity (Wildman–Crippen MR) is 123 cm³/mol. The topological polar surface area (TPSA) is 52.6 Å². The Balaban J connectivity index is 2.02. The number of esters is 2. The summed E-state index contributed by atoms with van der Waals surface area (Å²) in [6.07, 6.45) is 22.8. The van der Waals surface area contributed by atoms with Gasteiger partial charge in [-0.2, -0.15) is 0 Å². The molecule has 2 unspecified atom stereocenters. The van der Waals surface area contributed by atoms with E-state index in [0.29, 0.717) is 26.1 Å². The van der Waals surface area contributed by atoms with Gasteiger partial charge in [-0.25, -0.2) is 0 Å². The third-order valence-corrected chi connectivity index (χ3v) is 5.98. The highest BCUT2D eigenvalue weighted by Gasteiger charge is 2.36. The molecule has 30 heavy (non-hydrogen) atoms. The van der Waals surface area contributed by atoms with E-state index in [4.69, 9.17) is 9.47 Å². The smallest absolute Gasteiger partial charge is 0.310 e. The first-order chi connectivity index (χ1) is 14.7. The molecule has 0 aromatic carbocycles. The van der Waals surface area contributed by atoms with Gasteiger partial charge in [-0.3, -0.25) is 9.59 Å². The number of ether oxygens (including phenoxy) is 2. The fourth-order valence-corrected chi connectivity index (χ4v) is 4.04. The zero-order valence-corrected chi connectivity index (χ0v) is 19.7. The van der Waals surface area contributed by atoms with Gasteiger partial charge in [0.2, 0.25) is 0 Å². The van der Waals surface area contributed by atoms with E-state index in [1.54, 1.807) is 0 Å². The molecule has 4 nitrogen and oxygen atoms in total. The molecule has 1 aliphatic carbocycles. The molecule has 1 rings (SSSR count). The van der Waals surface area contributed by atoms with E-state index in [1.807, 2.05) is 19.1 Å². The van der Waals surface area contributed by atoms with E-state index in [9.17, 15) is 9.59 Å². The largest absolute Gasteiger partial charge is 0.465 e. The zero-order chi connectivity index (χ0) is 21.9. The van der Waals surface area contributed by atoms with Gasteiger partial charge in [-0.15, -0.1) is 0 Å². The molecule has 1 aliphatic rings. The van der Waals surface area contributed by atoms with Crippen molar-refractivity contribution in [1.82, 2.24) is 0 Å². The molecule has 0 aliphatic heterocycles. The van der Waals surface area contributed by atoms with E-state index in [2.05, 4.69) is 6.92 Å². The summed E-state index contributed by atoms with van der Waals surface area (Å²) in [5.41, 5.74) is 0. The maximum Gasteiger partial charge on any atom is 0.310 e. The van der Waals surface area contributed by atoms with Gasteiger partial charge in [-0.1, -0.05) is 103 Å². The van der Waals surface area contributed by atoms with E-state index in [1.165, 1.54) is 70.6 Å². The second-order valence-corrected chi connectivity index (χ2v) is 8.73. The Labute approximate surface area is 185 Å². The van der Waals surface area contributed by atoms with Crippen LogP contribution in [0.3, 0.4) is 0 Å². The van der Waals surface area contributed by atoms with Gasteiger partial charge in [-0.05, 0) is 25.7 Å². The Bertz CT molecular complexity index is 472. The molecule has 0 spiro atoms. The summed E-state index contributed by atoms with van der Waals surface area (Å²) in [7, 11) is 0. The van der Waals surface area contributed by atoms with Crippen molar-refractivity contribution in [3.63, 3.8) is 0 Å². The summed E-state index contributed by atoms with van der Waals surface area (Å²) in [6.45, 7) is 5.11. The molecule has 0 fully saturated rings. The Hall–Kier alpha value is -1.32.